The van der Waals surface area contributed by atoms with E-state index in [4.69, 9.17) is 0 Å². The van der Waals surface area contributed by atoms with Crippen LogP contribution in [0.4, 0.5) is 34.1 Å². The summed E-state index contributed by atoms with van der Waals surface area (Å²) < 4.78 is 2.79. The monoisotopic (exact) mass is 830 g/mol. The molecular formula is C58H63BN2S. The summed E-state index contributed by atoms with van der Waals surface area (Å²) in [5, 5.41) is 1.35. The second-order valence-corrected chi connectivity index (χ2v) is 23.5. The highest BCUT2D eigenvalue weighted by atomic mass is 32.1. The van der Waals surface area contributed by atoms with Gasteiger partial charge in [-0.1, -0.05) is 129 Å². The van der Waals surface area contributed by atoms with Crippen molar-refractivity contribution < 1.29 is 0 Å². The van der Waals surface area contributed by atoms with Gasteiger partial charge >= 0.3 is 0 Å². The quantitative estimate of drug-likeness (QED) is 0.164. The molecule has 0 saturated carbocycles. The van der Waals surface area contributed by atoms with E-state index in [1.165, 1.54) is 128 Å². The number of rotatable bonds is 3. The van der Waals surface area contributed by atoms with Gasteiger partial charge in [0.2, 0.25) is 0 Å². The molecule has 314 valence electrons. The number of aryl methyl sites for hydroxylation is 4. The minimum Gasteiger partial charge on any atom is -0.311 e. The van der Waals surface area contributed by atoms with Crippen molar-refractivity contribution in [1.82, 2.24) is 0 Å². The molecule has 2 nitrogen and oxygen atoms in total. The first-order chi connectivity index (χ1) is 29.1. The van der Waals surface area contributed by atoms with Crippen LogP contribution in [0.2, 0.25) is 0 Å². The van der Waals surface area contributed by atoms with Crippen molar-refractivity contribution >= 4 is 78.0 Å². The Labute approximate surface area is 376 Å². The zero-order chi connectivity index (χ0) is 44.0. The van der Waals surface area contributed by atoms with E-state index in [9.17, 15) is 0 Å². The third-order valence-electron chi connectivity index (χ3n) is 14.7. The second-order valence-electron chi connectivity index (χ2n) is 22.5. The van der Waals surface area contributed by atoms with Crippen LogP contribution in [0.5, 0.6) is 0 Å². The van der Waals surface area contributed by atoms with E-state index in [1.807, 2.05) is 11.3 Å². The first kappa shape index (κ1) is 41.0. The van der Waals surface area contributed by atoms with Crippen LogP contribution < -0.4 is 25.5 Å². The van der Waals surface area contributed by atoms with Gasteiger partial charge < -0.3 is 9.80 Å². The average Bonchev–Trinajstić information content (AvgIpc) is 3.57. The third kappa shape index (κ3) is 6.33. The molecule has 4 heteroatoms. The summed E-state index contributed by atoms with van der Waals surface area (Å²) in [6.07, 6.45) is 2.35. The SMILES string of the molecule is Cc1ccc(-c2ccc(C)cc2N2c3cc4c(cc3B3c5sc6ccc(C(C)(C)C)cc6c5N(c5ccc(C(C)(C)C)cc5)c5cc(C)cc2c53)C(C)(C)CCC4(C)C)c(C)c1. The van der Waals surface area contributed by atoms with Crippen molar-refractivity contribution in [3.8, 4) is 11.1 Å². The lowest BCUT2D eigenvalue weighted by Crippen LogP contribution is -2.61. The zero-order valence-electron chi connectivity index (χ0n) is 39.6. The Morgan fingerprint density at radius 3 is 1.73 bits per heavy atom. The molecule has 1 aliphatic carbocycles. The molecule has 62 heavy (non-hydrogen) atoms. The number of fused-ring (bicyclic) bond motifs is 7. The minimum absolute atomic E-state index is 0.0231. The Kier molecular flexibility index (Phi) is 9.07. The smallest absolute Gasteiger partial charge is 0.264 e. The summed E-state index contributed by atoms with van der Waals surface area (Å²) in [7, 11) is 0. The maximum absolute atomic E-state index is 2.69. The maximum atomic E-state index is 2.69. The summed E-state index contributed by atoms with van der Waals surface area (Å²) in [5.41, 5.74) is 24.1. The van der Waals surface area contributed by atoms with Gasteiger partial charge in [-0.3, -0.25) is 0 Å². The number of thiophene rings is 1. The molecule has 3 aliphatic rings. The first-order valence-electron chi connectivity index (χ1n) is 22.9. The van der Waals surface area contributed by atoms with E-state index < -0.39 is 0 Å². The second kappa shape index (κ2) is 13.7. The van der Waals surface area contributed by atoms with Crippen LogP contribution in [0.15, 0.2) is 103 Å². The molecule has 0 spiro atoms. The van der Waals surface area contributed by atoms with Gasteiger partial charge in [-0.2, -0.15) is 0 Å². The third-order valence-corrected chi connectivity index (χ3v) is 15.9. The normalized spacial score (nSPS) is 16.3. The van der Waals surface area contributed by atoms with Gasteiger partial charge in [0.15, 0.2) is 0 Å². The van der Waals surface area contributed by atoms with Gasteiger partial charge in [0, 0.05) is 43.2 Å². The predicted molar refractivity (Wildman–Crippen MR) is 273 cm³/mol. The van der Waals surface area contributed by atoms with E-state index in [0.717, 1.165) is 0 Å². The van der Waals surface area contributed by atoms with Crippen LogP contribution in [-0.2, 0) is 21.7 Å². The summed E-state index contributed by atoms with van der Waals surface area (Å²) >= 11 is 2.01. The van der Waals surface area contributed by atoms with Crippen LogP contribution in [-0.4, -0.2) is 6.71 Å². The lowest BCUT2D eigenvalue weighted by Gasteiger charge is -2.47. The summed E-state index contributed by atoms with van der Waals surface area (Å²) in [6.45, 7) is 33.0. The maximum Gasteiger partial charge on any atom is 0.264 e. The highest BCUT2D eigenvalue weighted by Gasteiger charge is 2.48. The van der Waals surface area contributed by atoms with Crippen molar-refractivity contribution in [2.75, 3.05) is 9.80 Å². The fraction of sp³-hybridized carbons (Fsp3) is 0.345. The predicted octanol–water partition coefficient (Wildman–Crippen LogP) is 14.8. The van der Waals surface area contributed by atoms with E-state index in [2.05, 4.69) is 210 Å². The van der Waals surface area contributed by atoms with Crippen LogP contribution in [0.3, 0.4) is 0 Å². The topological polar surface area (TPSA) is 6.48 Å². The molecule has 7 aromatic rings. The molecule has 0 amide bonds. The summed E-state index contributed by atoms with van der Waals surface area (Å²) in [5.74, 6) is 0. The van der Waals surface area contributed by atoms with Crippen molar-refractivity contribution in [1.29, 1.82) is 0 Å². The minimum atomic E-state index is 0.0231. The highest BCUT2D eigenvalue weighted by Crippen LogP contribution is 2.53. The molecule has 1 aromatic heterocycles. The van der Waals surface area contributed by atoms with Gasteiger partial charge in [-0.25, -0.2) is 0 Å². The molecule has 3 heterocycles. The Morgan fingerprint density at radius 1 is 0.532 bits per heavy atom. The van der Waals surface area contributed by atoms with Crippen molar-refractivity contribution in [2.45, 2.75) is 131 Å². The number of hydrogen-bond donors (Lipinski definition) is 0. The van der Waals surface area contributed by atoms with Gasteiger partial charge in [0.1, 0.15) is 0 Å². The molecule has 6 aromatic carbocycles. The molecule has 2 aliphatic heterocycles. The van der Waals surface area contributed by atoms with Crippen LogP contribution in [0.1, 0.15) is 127 Å². The van der Waals surface area contributed by atoms with E-state index in [1.54, 1.807) is 0 Å². The first-order valence-corrected chi connectivity index (χ1v) is 23.7. The number of benzene rings is 6. The fourth-order valence-corrected chi connectivity index (χ4v) is 12.3. The van der Waals surface area contributed by atoms with Gasteiger partial charge in [-0.15, -0.1) is 11.3 Å². The molecule has 0 saturated heterocycles. The van der Waals surface area contributed by atoms with Gasteiger partial charge in [0.05, 0.1) is 11.4 Å². The van der Waals surface area contributed by atoms with Crippen LogP contribution in [0.25, 0.3) is 21.2 Å². The van der Waals surface area contributed by atoms with Crippen molar-refractivity contribution in [3.05, 3.63) is 148 Å². The van der Waals surface area contributed by atoms with Gasteiger partial charge in [0.25, 0.3) is 6.71 Å². The summed E-state index contributed by atoms with van der Waals surface area (Å²) in [6, 6.07) is 41.2. The lowest BCUT2D eigenvalue weighted by atomic mass is 9.35. The molecule has 0 fully saturated rings. The van der Waals surface area contributed by atoms with Crippen molar-refractivity contribution in [2.24, 2.45) is 0 Å². The fourth-order valence-electron chi connectivity index (χ4n) is 11.0. The Balaban J connectivity index is 1.36. The number of nitrogens with zero attached hydrogens (tertiary/aromatic N) is 2. The molecule has 0 radical (unpaired) electrons. The van der Waals surface area contributed by atoms with E-state index >= 15 is 0 Å². The van der Waals surface area contributed by atoms with Crippen LogP contribution >= 0.6 is 11.3 Å². The molecule has 10 rings (SSSR count). The Hall–Kier alpha value is -5.06. The zero-order valence-corrected chi connectivity index (χ0v) is 40.4. The highest BCUT2D eigenvalue weighted by molar-refractivity contribution is 7.33. The summed E-state index contributed by atoms with van der Waals surface area (Å²) in [4.78, 5) is 5.33. The van der Waals surface area contributed by atoms with Crippen LogP contribution in [0, 0.1) is 27.7 Å². The largest absolute Gasteiger partial charge is 0.311 e. The van der Waals surface area contributed by atoms with Crippen molar-refractivity contribution in [3.63, 3.8) is 0 Å². The number of hydrogen-bond acceptors (Lipinski definition) is 3. The molecule has 0 N–H and O–H groups in total. The van der Waals surface area contributed by atoms with Gasteiger partial charge in [-0.05, 0) is 166 Å². The van der Waals surface area contributed by atoms with E-state index in [0.29, 0.717) is 0 Å². The molecule has 0 bridgehead atoms. The molecule has 0 atom stereocenters. The standard InChI is InChI=1S/C58H63BN2S/c1-34-15-22-41(37(4)27-34)42-23-16-35(2)28-47(42)61-48-33-45-44(57(11,12)25-26-58(45,13)14)32-46(48)59-52-49(29-36(3)30-50(52)61)60(40-20-17-38(18-21-40)55(5,6)7)53-43-31-39(56(8,9)10)19-24-51(43)62-54(53)59/h15-24,27-33H,25-26H2,1-14H3. The molecular weight excluding hydrogens is 768 g/mol. The Bertz CT molecular complexity index is 2980. The Morgan fingerprint density at radius 2 is 1.10 bits per heavy atom. The lowest BCUT2D eigenvalue weighted by molar-refractivity contribution is 0.332. The van der Waals surface area contributed by atoms with E-state index in [-0.39, 0.29) is 28.4 Å². The molecule has 0 unspecified atom stereocenters. The average molecular weight is 831 g/mol. The number of anilines is 6.